The molecule has 1 N–H and O–H groups in total. The van der Waals surface area contributed by atoms with Crippen molar-refractivity contribution < 1.29 is 14.7 Å². The highest BCUT2D eigenvalue weighted by Crippen LogP contribution is 2.24. The van der Waals surface area contributed by atoms with E-state index in [9.17, 15) is 9.59 Å². The number of aliphatic carboxylic acids is 1. The standard InChI is InChI=1S/C12H15ClN2O3S/c1-14(7-9-2-3-10(13)19-9)12(18)15-5-8(6-15)4-11(16)17/h2-3,8H,4-7H2,1H3,(H,16,17). The molecular formula is C12H15ClN2O3S. The largest absolute Gasteiger partial charge is 0.481 e. The van der Waals surface area contributed by atoms with Gasteiger partial charge in [0, 0.05) is 30.9 Å². The van der Waals surface area contributed by atoms with Crippen molar-refractivity contribution in [3.8, 4) is 0 Å². The molecule has 7 heteroatoms. The molecular weight excluding hydrogens is 288 g/mol. The number of likely N-dealkylation sites (tertiary alicyclic amines) is 1. The van der Waals surface area contributed by atoms with E-state index in [-0.39, 0.29) is 18.4 Å². The molecule has 1 fully saturated rings. The number of hydrogen-bond donors (Lipinski definition) is 1. The van der Waals surface area contributed by atoms with Crippen molar-refractivity contribution in [3.05, 3.63) is 21.3 Å². The van der Waals surface area contributed by atoms with Crippen LogP contribution in [0.15, 0.2) is 12.1 Å². The Morgan fingerprint density at radius 2 is 2.21 bits per heavy atom. The molecule has 0 saturated carbocycles. The third-order valence-electron chi connectivity index (χ3n) is 3.04. The minimum Gasteiger partial charge on any atom is -0.481 e. The SMILES string of the molecule is CN(Cc1ccc(Cl)s1)C(=O)N1CC(CC(=O)O)C1. The summed E-state index contributed by atoms with van der Waals surface area (Å²) < 4.78 is 0.710. The van der Waals surface area contributed by atoms with E-state index in [4.69, 9.17) is 16.7 Å². The number of urea groups is 1. The van der Waals surface area contributed by atoms with E-state index in [2.05, 4.69) is 0 Å². The van der Waals surface area contributed by atoms with Crippen molar-refractivity contribution in [2.75, 3.05) is 20.1 Å². The van der Waals surface area contributed by atoms with Crippen LogP contribution in [0.5, 0.6) is 0 Å². The van der Waals surface area contributed by atoms with Gasteiger partial charge >= 0.3 is 12.0 Å². The number of carbonyl (C=O) groups is 2. The molecule has 1 aromatic heterocycles. The molecule has 2 heterocycles. The number of hydrogen-bond acceptors (Lipinski definition) is 3. The van der Waals surface area contributed by atoms with Gasteiger partial charge in [0.25, 0.3) is 0 Å². The topological polar surface area (TPSA) is 60.9 Å². The molecule has 0 unspecified atom stereocenters. The van der Waals surface area contributed by atoms with E-state index in [1.807, 2.05) is 12.1 Å². The first kappa shape index (κ1) is 14.1. The fourth-order valence-electron chi connectivity index (χ4n) is 2.08. The molecule has 0 atom stereocenters. The minimum absolute atomic E-state index is 0.0637. The summed E-state index contributed by atoms with van der Waals surface area (Å²) in [6, 6.07) is 3.65. The number of nitrogens with zero attached hydrogens (tertiary/aromatic N) is 2. The maximum Gasteiger partial charge on any atom is 0.320 e. The summed E-state index contributed by atoms with van der Waals surface area (Å²) in [6.07, 6.45) is 0.133. The normalized spacial score (nSPS) is 15.2. The lowest BCUT2D eigenvalue weighted by atomic mass is 9.97. The Labute approximate surface area is 120 Å². The number of carboxylic acid groups (broad SMARTS) is 1. The average Bonchev–Trinajstić information content (AvgIpc) is 2.67. The van der Waals surface area contributed by atoms with E-state index in [0.29, 0.717) is 24.0 Å². The fraction of sp³-hybridized carbons (Fsp3) is 0.500. The highest BCUT2D eigenvalue weighted by Gasteiger charge is 2.33. The summed E-state index contributed by atoms with van der Waals surface area (Å²) in [4.78, 5) is 26.9. The van der Waals surface area contributed by atoms with Gasteiger partial charge in [-0.25, -0.2) is 4.79 Å². The molecule has 0 aromatic carbocycles. The Morgan fingerprint density at radius 3 is 2.74 bits per heavy atom. The zero-order valence-corrected chi connectivity index (χ0v) is 12.1. The zero-order chi connectivity index (χ0) is 14.0. The smallest absolute Gasteiger partial charge is 0.320 e. The maximum atomic E-state index is 12.0. The van der Waals surface area contributed by atoms with Gasteiger partial charge in [0.2, 0.25) is 0 Å². The van der Waals surface area contributed by atoms with E-state index in [1.165, 1.54) is 11.3 Å². The van der Waals surface area contributed by atoms with Gasteiger partial charge in [0.1, 0.15) is 0 Å². The quantitative estimate of drug-likeness (QED) is 0.929. The number of halogens is 1. The van der Waals surface area contributed by atoms with Crippen molar-refractivity contribution >= 4 is 34.9 Å². The van der Waals surface area contributed by atoms with Gasteiger partial charge in [-0.2, -0.15) is 0 Å². The lowest BCUT2D eigenvalue weighted by Crippen LogP contribution is -2.54. The molecule has 2 rings (SSSR count). The summed E-state index contributed by atoms with van der Waals surface area (Å²) in [5.74, 6) is -0.718. The monoisotopic (exact) mass is 302 g/mol. The summed E-state index contributed by atoms with van der Waals surface area (Å²) in [5, 5.41) is 8.66. The van der Waals surface area contributed by atoms with Gasteiger partial charge in [-0.05, 0) is 12.1 Å². The molecule has 2 amide bonds. The molecule has 0 aliphatic carbocycles. The molecule has 5 nitrogen and oxygen atoms in total. The third kappa shape index (κ3) is 3.61. The van der Waals surface area contributed by atoms with Crippen LogP contribution >= 0.6 is 22.9 Å². The van der Waals surface area contributed by atoms with Crippen molar-refractivity contribution in [2.24, 2.45) is 5.92 Å². The molecule has 1 aliphatic heterocycles. The number of carbonyl (C=O) groups excluding carboxylic acids is 1. The predicted octanol–water partition coefficient (Wildman–Crippen LogP) is 2.36. The Morgan fingerprint density at radius 1 is 1.53 bits per heavy atom. The van der Waals surface area contributed by atoms with Gasteiger partial charge in [-0.15, -0.1) is 11.3 Å². The zero-order valence-electron chi connectivity index (χ0n) is 10.5. The number of rotatable bonds is 4. The van der Waals surface area contributed by atoms with Gasteiger partial charge < -0.3 is 14.9 Å². The highest BCUT2D eigenvalue weighted by atomic mass is 35.5. The first-order valence-corrected chi connectivity index (χ1v) is 7.11. The van der Waals surface area contributed by atoms with Gasteiger partial charge in [0.15, 0.2) is 0 Å². The second-order valence-corrected chi connectivity index (χ2v) is 6.51. The lowest BCUT2D eigenvalue weighted by molar-refractivity contribution is -0.139. The van der Waals surface area contributed by atoms with Gasteiger partial charge in [-0.3, -0.25) is 4.79 Å². The molecule has 0 radical (unpaired) electrons. The molecule has 1 saturated heterocycles. The molecule has 0 bridgehead atoms. The number of carboxylic acids is 1. The van der Waals surface area contributed by atoms with Crippen LogP contribution in [0, 0.1) is 5.92 Å². The van der Waals surface area contributed by atoms with Crippen LogP contribution in [0.25, 0.3) is 0 Å². The Hall–Kier alpha value is -1.27. The first-order chi connectivity index (χ1) is 8.95. The summed E-state index contributed by atoms with van der Waals surface area (Å²) in [5.41, 5.74) is 0. The summed E-state index contributed by atoms with van der Waals surface area (Å²) in [6.45, 7) is 1.58. The first-order valence-electron chi connectivity index (χ1n) is 5.91. The molecule has 19 heavy (non-hydrogen) atoms. The third-order valence-corrected chi connectivity index (χ3v) is 4.26. The molecule has 1 aromatic rings. The maximum absolute atomic E-state index is 12.0. The van der Waals surface area contributed by atoms with Crippen molar-refractivity contribution in [1.29, 1.82) is 0 Å². The summed E-state index contributed by atoms with van der Waals surface area (Å²) in [7, 11) is 1.74. The molecule has 0 spiro atoms. The number of amides is 2. The predicted molar refractivity (Wildman–Crippen MR) is 73.5 cm³/mol. The van der Waals surface area contributed by atoms with Crippen molar-refractivity contribution in [3.63, 3.8) is 0 Å². The van der Waals surface area contributed by atoms with E-state index in [1.54, 1.807) is 16.8 Å². The molecule has 104 valence electrons. The Bertz CT molecular complexity index is 485. The van der Waals surface area contributed by atoms with Crippen LogP contribution in [-0.2, 0) is 11.3 Å². The second-order valence-electron chi connectivity index (χ2n) is 4.71. The lowest BCUT2D eigenvalue weighted by Gasteiger charge is -2.40. The van der Waals surface area contributed by atoms with Crippen molar-refractivity contribution in [1.82, 2.24) is 9.80 Å². The minimum atomic E-state index is -0.807. The van der Waals surface area contributed by atoms with Crippen LogP contribution in [0.3, 0.4) is 0 Å². The fourth-order valence-corrected chi connectivity index (χ4v) is 3.22. The summed E-state index contributed by atoms with van der Waals surface area (Å²) >= 11 is 7.30. The van der Waals surface area contributed by atoms with Crippen LogP contribution in [0.4, 0.5) is 4.79 Å². The molecule has 1 aliphatic rings. The van der Waals surface area contributed by atoms with Gasteiger partial charge in [-0.1, -0.05) is 11.6 Å². The van der Waals surface area contributed by atoms with Crippen LogP contribution < -0.4 is 0 Å². The van der Waals surface area contributed by atoms with Crippen LogP contribution in [0.1, 0.15) is 11.3 Å². The van der Waals surface area contributed by atoms with Gasteiger partial charge in [0.05, 0.1) is 17.3 Å². The van der Waals surface area contributed by atoms with E-state index < -0.39 is 5.97 Å². The highest BCUT2D eigenvalue weighted by molar-refractivity contribution is 7.16. The Kier molecular flexibility index (Phi) is 4.31. The van der Waals surface area contributed by atoms with E-state index >= 15 is 0 Å². The van der Waals surface area contributed by atoms with Crippen LogP contribution in [-0.4, -0.2) is 47.0 Å². The second kappa shape index (κ2) is 5.79. The average molecular weight is 303 g/mol. The van der Waals surface area contributed by atoms with E-state index in [0.717, 1.165) is 4.88 Å². The van der Waals surface area contributed by atoms with Crippen LogP contribution in [0.2, 0.25) is 4.34 Å². The Balaban J connectivity index is 1.79. The van der Waals surface area contributed by atoms with Crippen molar-refractivity contribution in [2.45, 2.75) is 13.0 Å². The number of thiophene rings is 1.